The van der Waals surface area contributed by atoms with E-state index in [0.29, 0.717) is 18.2 Å². The molecule has 2 bridgehead atoms. The lowest BCUT2D eigenvalue weighted by atomic mass is 9.81. The third-order valence-electron chi connectivity index (χ3n) is 4.85. The van der Waals surface area contributed by atoms with Gasteiger partial charge in [0, 0.05) is 33.8 Å². The van der Waals surface area contributed by atoms with Gasteiger partial charge in [-0.2, -0.15) is 0 Å². The summed E-state index contributed by atoms with van der Waals surface area (Å²) in [7, 11) is 5.57. The quantitative estimate of drug-likeness (QED) is 0.501. The highest BCUT2D eigenvalue weighted by Gasteiger charge is 2.91. The Kier molecular flexibility index (Phi) is 4.76. The molecular weight excluding hydrogens is 387 g/mol. The highest BCUT2D eigenvalue weighted by molar-refractivity contribution is 9.09. The second kappa shape index (κ2) is 5.58. The number of ketones is 1. The molecule has 21 heavy (non-hydrogen) atoms. The van der Waals surface area contributed by atoms with E-state index >= 15 is 0 Å². The topological polar surface area (TPSA) is 54.0 Å². The third-order valence-corrected chi connectivity index (χ3v) is 6.69. The number of hydrogen-bond donors (Lipinski definition) is 0. The third kappa shape index (κ3) is 1.65. The van der Waals surface area contributed by atoms with Gasteiger partial charge in [-0.25, -0.2) is 0 Å². The maximum Gasteiger partial charge on any atom is 0.255 e. The fraction of sp³-hybridized carbons (Fsp3) is 0.923. The van der Waals surface area contributed by atoms with E-state index in [9.17, 15) is 4.79 Å². The van der Waals surface area contributed by atoms with Crippen molar-refractivity contribution in [3.05, 3.63) is 0 Å². The minimum Gasteiger partial charge on any atom is -0.350 e. The zero-order chi connectivity index (χ0) is 16.1. The monoisotopic (exact) mass is 404 g/mol. The summed E-state index contributed by atoms with van der Waals surface area (Å²) in [6.45, 7) is 0. The molecule has 0 unspecified atom stereocenters. The molecule has 8 heteroatoms. The molecule has 3 atom stereocenters. The van der Waals surface area contributed by atoms with Gasteiger partial charge in [0.25, 0.3) is 5.79 Å². The van der Waals surface area contributed by atoms with Crippen LogP contribution in [0.25, 0.3) is 0 Å². The zero-order valence-electron chi connectivity index (χ0n) is 12.4. The van der Waals surface area contributed by atoms with Crippen molar-refractivity contribution in [3.63, 3.8) is 0 Å². The summed E-state index contributed by atoms with van der Waals surface area (Å²) in [5, 5.41) is 0.683. The molecule has 2 saturated carbocycles. The van der Waals surface area contributed by atoms with E-state index in [1.165, 1.54) is 28.4 Å². The minimum atomic E-state index is -1.70. The Bertz CT molecular complexity index is 440. The van der Waals surface area contributed by atoms with Crippen molar-refractivity contribution >= 4 is 44.9 Å². The number of hydrogen-bond acceptors (Lipinski definition) is 5. The lowest BCUT2D eigenvalue weighted by Crippen LogP contribution is -2.61. The van der Waals surface area contributed by atoms with Crippen LogP contribution in [0.2, 0.25) is 0 Å². The first-order chi connectivity index (χ1) is 9.81. The maximum absolute atomic E-state index is 13.1. The SMILES string of the molecule is COC1(OC)C(=O)[C@]2(Cl)[C@H](CCBr)C[C@@]1(Cl)C2(OC)OC. The summed E-state index contributed by atoms with van der Waals surface area (Å²) in [5.74, 6) is -3.91. The summed E-state index contributed by atoms with van der Waals surface area (Å²) < 4.78 is 21.9. The number of carbonyl (C=O) groups excluding carboxylic acids is 1. The van der Waals surface area contributed by atoms with Crippen molar-refractivity contribution < 1.29 is 23.7 Å². The molecule has 2 fully saturated rings. The number of rotatable bonds is 6. The van der Waals surface area contributed by atoms with Crippen LogP contribution in [-0.2, 0) is 23.7 Å². The molecule has 2 aliphatic carbocycles. The van der Waals surface area contributed by atoms with Gasteiger partial charge < -0.3 is 18.9 Å². The van der Waals surface area contributed by atoms with Gasteiger partial charge in [0.15, 0.2) is 9.75 Å². The van der Waals surface area contributed by atoms with Crippen molar-refractivity contribution in [1.29, 1.82) is 0 Å². The fourth-order valence-electron chi connectivity index (χ4n) is 4.01. The predicted octanol–water partition coefficient (Wildman–Crippen LogP) is 2.31. The highest BCUT2D eigenvalue weighted by Crippen LogP contribution is 2.71. The Morgan fingerprint density at radius 2 is 1.67 bits per heavy atom. The van der Waals surface area contributed by atoms with Crippen LogP contribution < -0.4 is 0 Å². The molecular formula is C13H19BrCl2O5. The molecule has 0 radical (unpaired) electrons. The fourth-order valence-corrected chi connectivity index (χ4v) is 5.96. The molecule has 122 valence electrons. The van der Waals surface area contributed by atoms with Gasteiger partial charge in [-0.05, 0) is 18.8 Å². The number of Topliss-reactive ketones (excluding diaryl/α,β-unsaturated/α-hetero) is 1. The van der Waals surface area contributed by atoms with E-state index in [2.05, 4.69) is 15.9 Å². The van der Waals surface area contributed by atoms with Gasteiger partial charge in [-0.15, -0.1) is 23.2 Å². The summed E-state index contributed by atoms with van der Waals surface area (Å²) in [6.07, 6.45) is 1.03. The number of methoxy groups -OCH3 is 4. The molecule has 2 aliphatic rings. The number of ether oxygens (including phenoxy) is 4. The second-order valence-corrected chi connectivity index (χ2v) is 7.30. The standard InChI is InChI=1S/C13H19BrCl2O5/c1-18-12(19-2)9(17)11(16)8(5-6-14)7-10(12,15)13(11,20-3)21-4/h8H,5-7H2,1-4H3/t8-,10+,11-/m1/s1. The first kappa shape index (κ1) is 17.9. The molecule has 0 aromatic carbocycles. The van der Waals surface area contributed by atoms with Crippen molar-refractivity contribution in [2.75, 3.05) is 33.8 Å². The van der Waals surface area contributed by atoms with Gasteiger partial charge in [0.2, 0.25) is 11.6 Å². The van der Waals surface area contributed by atoms with Crippen molar-refractivity contribution in [2.24, 2.45) is 5.92 Å². The van der Waals surface area contributed by atoms with E-state index in [0.717, 1.165) is 0 Å². The van der Waals surface area contributed by atoms with Crippen LogP contribution in [0.4, 0.5) is 0 Å². The van der Waals surface area contributed by atoms with E-state index < -0.39 is 27.1 Å². The Labute approximate surface area is 142 Å². The number of carbonyl (C=O) groups is 1. The van der Waals surface area contributed by atoms with E-state index in [1.807, 2.05) is 0 Å². The number of halogens is 3. The molecule has 0 heterocycles. The van der Waals surface area contributed by atoms with Gasteiger partial charge in [0.1, 0.15) is 0 Å². The van der Waals surface area contributed by atoms with Crippen LogP contribution in [0.5, 0.6) is 0 Å². The molecule has 0 aromatic heterocycles. The first-order valence-corrected chi connectivity index (χ1v) is 8.38. The average Bonchev–Trinajstić information content (AvgIpc) is 2.74. The molecule has 0 aromatic rings. The molecule has 0 spiro atoms. The van der Waals surface area contributed by atoms with Crippen LogP contribution in [0.15, 0.2) is 0 Å². The van der Waals surface area contributed by atoms with E-state index in [-0.39, 0.29) is 5.92 Å². The van der Waals surface area contributed by atoms with E-state index in [1.54, 1.807) is 0 Å². The summed E-state index contributed by atoms with van der Waals surface area (Å²) in [4.78, 5) is 10.2. The van der Waals surface area contributed by atoms with Crippen LogP contribution in [0.3, 0.4) is 0 Å². The first-order valence-electron chi connectivity index (χ1n) is 6.51. The molecule has 0 aliphatic heterocycles. The second-order valence-electron chi connectivity index (χ2n) is 5.27. The van der Waals surface area contributed by atoms with Gasteiger partial charge in [-0.3, -0.25) is 4.79 Å². The summed E-state index contributed by atoms with van der Waals surface area (Å²) in [5.41, 5.74) is 0. The van der Waals surface area contributed by atoms with Gasteiger partial charge >= 0.3 is 0 Å². The molecule has 0 saturated heterocycles. The van der Waals surface area contributed by atoms with Crippen LogP contribution in [0.1, 0.15) is 12.8 Å². The molecule has 0 N–H and O–H groups in total. The maximum atomic E-state index is 13.1. The Balaban J connectivity index is 2.71. The number of alkyl halides is 3. The minimum absolute atomic E-state index is 0.220. The summed E-state index contributed by atoms with van der Waals surface area (Å²) >= 11 is 17.0. The molecule has 5 nitrogen and oxygen atoms in total. The van der Waals surface area contributed by atoms with Crippen molar-refractivity contribution in [3.8, 4) is 0 Å². The Hall–Kier alpha value is 0.570. The predicted molar refractivity (Wildman–Crippen MR) is 82.2 cm³/mol. The number of fused-ring (bicyclic) bond motifs is 2. The average molecular weight is 406 g/mol. The zero-order valence-corrected chi connectivity index (χ0v) is 15.5. The molecule has 2 rings (SSSR count). The largest absolute Gasteiger partial charge is 0.350 e. The Morgan fingerprint density at radius 3 is 2.05 bits per heavy atom. The van der Waals surface area contributed by atoms with Gasteiger partial charge in [0.05, 0.1) is 0 Å². The van der Waals surface area contributed by atoms with Crippen molar-refractivity contribution in [1.82, 2.24) is 0 Å². The summed E-state index contributed by atoms with van der Waals surface area (Å²) in [6, 6.07) is 0. The normalized spacial score (nSPS) is 40.0. The molecule has 0 amide bonds. The lowest BCUT2D eigenvalue weighted by molar-refractivity contribution is -0.270. The van der Waals surface area contributed by atoms with Crippen LogP contribution in [-0.4, -0.2) is 60.9 Å². The van der Waals surface area contributed by atoms with Crippen LogP contribution >= 0.6 is 39.1 Å². The lowest BCUT2D eigenvalue weighted by Gasteiger charge is -2.42. The Morgan fingerprint density at radius 1 is 1.14 bits per heavy atom. The highest BCUT2D eigenvalue weighted by atomic mass is 79.9. The van der Waals surface area contributed by atoms with Crippen LogP contribution in [0, 0.1) is 5.92 Å². The van der Waals surface area contributed by atoms with E-state index in [4.69, 9.17) is 42.1 Å². The smallest absolute Gasteiger partial charge is 0.255 e. The van der Waals surface area contributed by atoms with Gasteiger partial charge in [-0.1, -0.05) is 15.9 Å². The van der Waals surface area contributed by atoms with Crippen molar-refractivity contribution in [2.45, 2.75) is 34.2 Å².